The summed E-state index contributed by atoms with van der Waals surface area (Å²) in [6.07, 6.45) is 5.55. The second-order valence-corrected chi connectivity index (χ2v) is 5.54. The van der Waals surface area contributed by atoms with Crippen molar-refractivity contribution in [1.29, 1.82) is 0 Å². The van der Waals surface area contributed by atoms with Crippen molar-refractivity contribution < 1.29 is 9.53 Å². The Morgan fingerprint density at radius 1 is 1.21 bits per heavy atom. The van der Waals surface area contributed by atoms with Crippen LogP contribution in [0.2, 0.25) is 0 Å². The molecule has 1 aliphatic heterocycles. The lowest BCUT2D eigenvalue weighted by molar-refractivity contribution is -0.122. The molecule has 3 rings (SSSR count). The van der Waals surface area contributed by atoms with Crippen LogP contribution in [0.5, 0.6) is 0 Å². The van der Waals surface area contributed by atoms with E-state index in [1.165, 1.54) is 12.8 Å². The van der Waals surface area contributed by atoms with Crippen LogP contribution in [0.15, 0.2) is 24.3 Å². The van der Waals surface area contributed by atoms with Crippen molar-refractivity contribution in [3.05, 3.63) is 29.8 Å². The number of nitrogens with zero attached hydrogens (tertiary/aromatic N) is 1. The Bertz CT molecular complexity index is 466. The molecule has 0 bridgehead atoms. The number of rotatable bonds is 2. The minimum Gasteiger partial charge on any atom is -0.377 e. The van der Waals surface area contributed by atoms with Gasteiger partial charge in [0.25, 0.3) is 0 Å². The lowest BCUT2D eigenvalue weighted by Crippen LogP contribution is -2.40. The molecule has 2 aliphatic rings. The molecule has 0 saturated heterocycles. The molecule has 102 valence electrons. The van der Waals surface area contributed by atoms with Gasteiger partial charge in [-0.05, 0) is 25.3 Å². The molecule has 1 amide bonds. The van der Waals surface area contributed by atoms with E-state index in [9.17, 15) is 4.79 Å². The fourth-order valence-corrected chi connectivity index (χ4v) is 3.39. The van der Waals surface area contributed by atoms with Gasteiger partial charge in [0.1, 0.15) is 0 Å². The van der Waals surface area contributed by atoms with Gasteiger partial charge < -0.3 is 9.64 Å². The molecule has 0 radical (unpaired) electrons. The molecule has 1 aromatic carbocycles. The highest BCUT2D eigenvalue weighted by atomic mass is 16.5. The Balaban J connectivity index is 1.89. The fourth-order valence-electron chi connectivity index (χ4n) is 3.39. The Hall–Kier alpha value is -1.35. The summed E-state index contributed by atoms with van der Waals surface area (Å²) in [6.45, 7) is 0.783. The van der Waals surface area contributed by atoms with Crippen LogP contribution in [0, 0.1) is 5.92 Å². The minimum absolute atomic E-state index is 0.129. The van der Waals surface area contributed by atoms with Crippen molar-refractivity contribution in [2.75, 3.05) is 18.6 Å². The fraction of sp³-hybridized carbons (Fsp3) is 0.562. The lowest BCUT2D eigenvalue weighted by Gasteiger charge is -2.35. The number of methoxy groups -OCH3 is 1. The van der Waals surface area contributed by atoms with Gasteiger partial charge >= 0.3 is 0 Å². The second kappa shape index (κ2) is 5.33. The van der Waals surface area contributed by atoms with Gasteiger partial charge in [0.15, 0.2) is 0 Å². The van der Waals surface area contributed by atoms with Crippen LogP contribution in [0.1, 0.15) is 43.8 Å². The molecule has 1 unspecified atom stereocenters. The minimum atomic E-state index is 0.129. The third kappa shape index (κ3) is 2.27. The van der Waals surface area contributed by atoms with Gasteiger partial charge in [0.2, 0.25) is 5.91 Å². The van der Waals surface area contributed by atoms with E-state index in [0.29, 0.717) is 5.91 Å². The number of carbonyl (C=O) groups is 1. The van der Waals surface area contributed by atoms with Crippen molar-refractivity contribution in [2.24, 2.45) is 5.92 Å². The van der Waals surface area contributed by atoms with E-state index < -0.39 is 0 Å². The maximum Gasteiger partial charge on any atom is 0.230 e. The van der Waals surface area contributed by atoms with Crippen molar-refractivity contribution in [1.82, 2.24) is 0 Å². The van der Waals surface area contributed by atoms with Crippen LogP contribution in [0.3, 0.4) is 0 Å². The Kier molecular flexibility index (Phi) is 3.56. The predicted octanol–water partition coefficient (Wildman–Crippen LogP) is 3.30. The molecule has 1 fully saturated rings. The summed E-state index contributed by atoms with van der Waals surface area (Å²) < 4.78 is 5.53. The van der Waals surface area contributed by atoms with E-state index in [0.717, 1.165) is 37.1 Å². The average molecular weight is 259 g/mol. The van der Waals surface area contributed by atoms with Gasteiger partial charge in [-0.25, -0.2) is 0 Å². The predicted molar refractivity (Wildman–Crippen MR) is 75.1 cm³/mol. The average Bonchev–Trinajstić information content (AvgIpc) is 2.99. The number of carbonyl (C=O) groups excluding carboxylic acids is 1. The van der Waals surface area contributed by atoms with Gasteiger partial charge in [-0.2, -0.15) is 0 Å². The van der Waals surface area contributed by atoms with Crippen LogP contribution in [0.4, 0.5) is 5.69 Å². The number of hydrogen-bond acceptors (Lipinski definition) is 2. The Labute approximate surface area is 114 Å². The first-order chi connectivity index (χ1) is 9.31. The summed E-state index contributed by atoms with van der Waals surface area (Å²) in [5.41, 5.74) is 2.21. The summed E-state index contributed by atoms with van der Waals surface area (Å²) in [4.78, 5) is 14.6. The van der Waals surface area contributed by atoms with Crippen molar-refractivity contribution in [3.63, 3.8) is 0 Å². The number of fused-ring (bicyclic) bond motifs is 1. The van der Waals surface area contributed by atoms with Gasteiger partial charge in [-0.1, -0.05) is 31.0 Å². The highest BCUT2D eigenvalue weighted by Gasteiger charge is 2.33. The maximum atomic E-state index is 12.6. The molecule has 3 heteroatoms. The summed E-state index contributed by atoms with van der Waals surface area (Å²) in [7, 11) is 1.75. The monoisotopic (exact) mass is 259 g/mol. The van der Waals surface area contributed by atoms with Gasteiger partial charge in [-0.3, -0.25) is 4.79 Å². The molecule has 1 heterocycles. The standard InChI is InChI=1S/C16H21NO2/c1-19-15-10-11-17(14-9-5-4-8-13(14)15)16(18)12-6-2-3-7-12/h4-5,8-9,12,15H,2-3,6-7,10-11H2,1H3. The molecule has 3 nitrogen and oxygen atoms in total. The van der Waals surface area contributed by atoms with Crippen LogP contribution < -0.4 is 4.90 Å². The highest BCUT2D eigenvalue weighted by Crippen LogP contribution is 2.37. The SMILES string of the molecule is COC1CCN(C(=O)C2CCCC2)c2ccccc21. The lowest BCUT2D eigenvalue weighted by atomic mass is 9.96. The highest BCUT2D eigenvalue weighted by molar-refractivity contribution is 5.96. The van der Waals surface area contributed by atoms with E-state index in [2.05, 4.69) is 6.07 Å². The maximum absolute atomic E-state index is 12.6. The first-order valence-corrected chi connectivity index (χ1v) is 7.24. The third-order valence-corrected chi connectivity index (χ3v) is 4.44. The first-order valence-electron chi connectivity index (χ1n) is 7.24. The smallest absolute Gasteiger partial charge is 0.230 e. The van der Waals surface area contributed by atoms with E-state index in [1.807, 2.05) is 23.1 Å². The number of hydrogen-bond donors (Lipinski definition) is 0. The molecule has 0 N–H and O–H groups in total. The summed E-state index contributed by atoms with van der Waals surface area (Å²) in [6, 6.07) is 8.16. The molecule has 1 aliphatic carbocycles. The van der Waals surface area contributed by atoms with E-state index in [4.69, 9.17) is 4.74 Å². The van der Waals surface area contributed by atoms with E-state index >= 15 is 0 Å². The van der Waals surface area contributed by atoms with E-state index in [-0.39, 0.29) is 12.0 Å². The van der Waals surface area contributed by atoms with Gasteiger partial charge in [-0.15, -0.1) is 0 Å². The molecular weight excluding hydrogens is 238 g/mol. The van der Waals surface area contributed by atoms with Crippen LogP contribution in [-0.2, 0) is 9.53 Å². The first kappa shape index (κ1) is 12.7. The zero-order chi connectivity index (χ0) is 13.2. The Morgan fingerprint density at radius 2 is 1.95 bits per heavy atom. The van der Waals surface area contributed by atoms with Crippen molar-refractivity contribution in [2.45, 2.75) is 38.2 Å². The molecule has 19 heavy (non-hydrogen) atoms. The summed E-state index contributed by atoms with van der Waals surface area (Å²) >= 11 is 0. The van der Waals surface area contributed by atoms with Crippen molar-refractivity contribution in [3.8, 4) is 0 Å². The molecule has 0 aromatic heterocycles. The summed E-state index contributed by atoms with van der Waals surface area (Å²) in [5, 5.41) is 0. The van der Waals surface area contributed by atoms with Gasteiger partial charge in [0.05, 0.1) is 6.10 Å². The molecule has 1 atom stereocenters. The number of amides is 1. The molecular formula is C16H21NO2. The number of anilines is 1. The van der Waals surface area contributed by atoms with Crippen LogP contribution >= 0.6 is 0 Å². The zero-order valence-corrected chi connectivity index (χ0v) is 11.5. The largest absolute Gasteiger partial charge is 0.377 e. The van der Waals surface area contributed by atoms with Crippen LogP contribution in [-0.4, -0.2) is 19.6 Å². The number of ether oxygens (including phenoxy) is 1. The molecule has 1 aromatic rings. The Morgan fingerprint density at radius 3 is 2.68 bits per heavy atom. The zero-order valence-electron chi connectivity index (χ0n) is 11.5. The van der Waals surface area contributed by atoms with Gasteiger partial charge in [0, 0.05) is 30.8 Å². The summed E-state index contributed by atoms with van der Waals surface area (Å²) in [5.74, 6) is 0.562. The third-order valence-electron chi connectivity index (χ3n) is 4.44. The van der Waals surface area contributed by atoms with Crippen LogP contribution in [0.25, 0.3) is 0 Å². The quantitative estimate of drug-likeness (QED) is 0.815. The number of para-hydroxylation sites is 1. The second-order valence-electron chi connectivity index (χ2n) is 5.54. The number of benzene rings is 1. The van der Waals surface area contributed by atoms with E-state index in [1.54, 1.807) is 7.11 Å². The normalized spacial score (nSPS) is 23.4. The van der Waals surface area contributed by atoms with Crippen molar-refractivity contribution >= 4 is 11.6 Å². The topological polar surface area (TPSA) is 29.5 Å². The molecule has 1 saturated carbocycles. The molecule has 0 spiro atoms.